The van der Waals surface area contributed by atoms with E-state index >= 15 is 0 Å². The van der Waals surface area contributed by atoms with Crippen molar-refractivity contribution in [3.8, 4) is 0 Å². The fraction of sp³-hybridized carbons (Fsp3) is 0.938. The first-order valence-corrected chi connectivity index (χ1v) is 12.2. The van der Waals surface area contributed by atoms with E-state index < -0.39 is 10.0 Å². The van der Waals surface area contributed by atoms with Gasteiger partial charge in [0.25, 0.3) is 0 Å². The average Bonchev–Trinajstić information content (AvgIpc) is 2.63. The van der Waals surface area contributed by atoms with E-state index in [-0.39, 0.29) is 29.7 Å². The molecule has 2 aliphatic rings. The number of hydrogen-bond acceptors (Lipinski definition) is 5. The maximum atomic E-state index is 12.4. The van der Waals surface area contributed by atoms with Gasteiger partial charge in [0.1, 0.15) is 0 Å². The molecule has 0 atom stereocenters. The average molecular weight is 520 g/mol. The number of nitrogens with one attached hydrogen (secondary N) is 2. The van der Waals surface area contributed by atoms with E-state index in [9.17, 15) is 8.42 Å². The number of rotatable bonds is 8. The van der Waals surface area contributed by atoms with Crippen LogP contribution in [0.1, 0.15) is 26.2 Å². The summed E-state index contributed by atoms with van der Waals surface area (Å²) in [6.07, 6.45) is 3.91. The van der Waals surface area contributed by atoms with Crippen molar-refractivity contribution in [1.29, 1.82) is 0 Å². The van der Waals surface area contributed by atoms with Crippen molar-refractivity contribution in [2.45, 2.75) is 26.2 Å². The van der Waals surface area contributed by atoms with Crippen molar-refractivity contribution in [2.24, 2.45) is 4.99 Å². The summed E-state index contributed by atoms with van der Waals surface area (Å²) in [7, 11) is -3.17. The molecule has 0 aliphatic carbocycles. The SMILES string of the molecule is CCNC(=NCCN1CCCCC1)NCCS(=O)(=O)N1CCSCC1.I. The van der Waals surface area contributed by atoms with Gasteiger partial charge in [-0.15, -0.1) is 24.0 Å². The molecule has 0 radical (unpaired) electrons. The predicted molar refractivity (Wildman–Crippen MR) is 122 cm³/mol. The van der Waals surface area contributed by atoms with Gasteiger partial charge in [-0.05, 0) is 32.9 Å². The van der Waals surface area contributed by atoms with Gasteiger partial charge in [0.2, 0.25) is 10.0 Å². The first-order valence-electron chi connectivity index (χ1n) is 9.42. The molecule has 0 aromatic rings. The fourth-order valence-electron chi connectivity index (χ4n) is 3.08. The monoisotopic (exact) mass is 519 g/mol. The van der Waals surface area contributed by atoms with E-state index in [1.54, 1.807) is 4.31 Å². The van der Waals surface area contributed by atoms with E-state index in [1.165, 1.54) is 32.4 Å². The second-order valence-corrected chi connectivity index (χ2v) is 9.73. The Balaban J connectivity index is 0.00000338. The molecule has 2 saturated heterocycles. The minimum absolute atomic E-state index is 0. The zero-order valence-electron chi connectivity index (χ0n) is 15.8. The van der Waals surface area contributed by atoms with Gasteiger partial charge in [-0.25, -0.2) is 12.7 Å². The molecule has 0 amide bonds. The molecule has 0 aromatic carbocycles. The van der Waals surface area contributed by atoms with Crippen LogP contribution in [0.15, 0.2) is 4.99 Å². The normalized spacial score (nSPS) is 20.4. The number of nitrogens with zero attached hydrogens (tertiary/aromatic N) is 3. The highest BCUT2D eigenvalue weighted by Crippen LogP contribution is 2.13. The van der Waals surface area contributed by atoms with Crippen LogP contribution in [0.2, 0.25) is 0 Å². The molecule has 26 heavy (non-hydrogen) atoms. The lowest BCUT2D eigenvalue weighted by Gasteiger charge is -2.26. The number of sulfonamides is 1. The molecule has 2 fully saturated rings. The minimum atomic E-state index is -3.17. The second-order valence-electron chi connectivity index (χ2n) is 6.42. The summed E-state index contributed by atoms with van der Waals surface area (Å²) in [6, 6.07) is 0. The van der Waals surface area contributed by atoms with E-state index in [0.717, 1.165) is 31.1 Å². The number of thioether (sulfide) groups is 1. The summed E-state index contributed by atoms with van der Waals surface area (Å²) in [5.41, 5.74) is 0. The summed E-state index contributed by atoms with van der Waals surface area (Å²) in [6.45, 7) is 8.51. The van der Waals surface area contributed by atoms with Crippen LogP contribution < -0.4 is 10.6 Å². The van der Waals surface area contributed by atoms with E-state index in [0.29, 0.717) is 25.6 Å². The maximum absolute atomic E-state index is 12.4. The number of guanidine groups is 1. The molecular weight excluding hydrogens is 485 g/mol. The standard InChI is InChI=1S/C16H33N5O2S2.HI/c1-2-17-16(18-6-10-20-8-4-3-5-9-20)19-7-15-25(22,23)21-11-13-24-14-12-21;/h2-15H2,1H3,(H2,17,18,19);1H. The lowest BCUT2D eigenvalue weighted by atomic mass is 10.1. The zero-order chi connectivity index (χ0) is 18.0. The van der Waals surface area contributed by atoms with Gasteiger partial charge in [-0.1, -0.05) is 6.42 Å². The van der Waals surface area contributed by atoms with E-state index in [4.69, 9.17) is 0 Å². The van der Waals surface area contributed by atoms with E-state index in [1.807, 2.05) is 18.7 Å². The van der Waals surface area contributed by atoms with Crippen LogP contribution in [0.5, 0.6) is 0 Å². The zero-order valence-corrected chi connectivity index (χ0v) is 19.7. The van der Waals surface area contributed by atoms with Gasteiger partial charge < -0.3 is 15.5 Å². The molecule has 0 unspecified atom stereocenters. The Labute approximate surface area is 180 Å². The lowest BCUT2D eigenvalue weighted by Crippen LogP contribution is -2.44. The number of piperidine rings is 1. The van der Waals surface area contributed by atoms with Crippen molar-refractivity contribution in [1.82, 2.24) is 19.8 Å². The Morgan fingerprint density at radius 2 is 1.77 bits per heavy atom. The summed E-state index contributed by atoms with van der Waals surface area (Å²) >= 11 is 1.82. The van der Waals surface area contributed by atoms with Gasteiger partial charge in [-0.3, -0.25) is 4.99 Å². The molecule has 2 rings (SSSR count). The molecule has 0 spiro atoms. The van der Waals surface area contributed by atoms with Crippen LogP contribution in [0.25, 0.3) is 0 Å². The van der Waals surface area contributed by atoms with Crippen molar-refractivity contribution >= 4 is 51.7 Å². The third-order valence-electron chi connectivity index (χ3n) is 4.49. The smallest absolute Gasteiger partial charge is 0.215 e. The topological polar surface area (TPSA) is 77.0 Å². The number of halogens is 1. The highest BCUT2D eigenvalue weighted by Gasteiger charge is 2.23. The molecule has 154 valence electrons. The second kappa shape index (κ2) is 13.4. The molecule has 7 nitrogen and oxygen atoms in total. The molecule has 0 saturated carbocycles. The highest BCUT2D eigenvalue weighted by atomic mass is 127. The van der Waals surface area contributed by atoms with Crippen LogP contribution in [0.4, 0.5) is 0 Å². The molecule has 0 bridgehead atoms. The fourth-order valence-corrected chi connectivity index (χ4v) is 5.57. The lowest BCUT2D eigenvalue weighted by molar-refractivity contribution is 0.235. The third kappa shape index (κ3) is 8.94. The summed E-state index contributed by atoms with van der Waals surface area (Å²) < 4.78 is 26.3. The summed E-state index contributed by atoms with van der Waals surface area (Å²) in [5.74, 6) is 2.62. The Hall–Kier alpha value is 0.220. The van der Waals surface area contributed by atoms with Crippen LogP contribution in [-0.4, -0.2) is 93.2 Å². The summed E-state index contributed by atoms with van der Waals surface area (Å²) in [5, 5.41) is 6.36. The number of aliphatic imine (C=N–C) groups is 1. The Morgan fingerprint density at radius 3 is 2.42 bits per heavy atom. The quantitative estimate of drug-likeness (QED) is 0.284. The predicted octanol–water partition coefficient (Wildman–Crippen LogP) is 1.02. The largest absolute Gasteiger partial charge is 0.357 e. The van der Waals surface area contributed by atoms with Gasteiger partial charge >= 0.3 is 0 Å². The van der Waals surface area contributed by atoms with Crippen LogP contribution in [0.3, 0.4) is 0 Å². The van der Waals surface area contributed by atoms with Crippen molar-refractivity contribution in [3.63, 3.8) is 0 Å². The summed E-state index contributed by atoms with van der Waals surface area (Å²) in [4.78, 5) is 7.03. The molecule has 2 aliphatic heterocycles. The van der Waals surface area contributed by atoms with Crippen molar-refractivity contribution < 1.29 is 8.42 Å². The van der Waals surface area contributed by atoms with Crippen molar-refractivity contribution in [2.75, 3.05) is 69.6 Å². The van der Waals surface area contributed by atoms with E-state index in [2.05, 4.69) is 20.5 Å². The number of likely N-dealkylation sites (tertiary alicyclic amines) is 1. The maximum Gasteiger partial charge on any atom is 0.215 e. The minimum Gasteiger partial charge on any atom is -0.357 e. The van der Waals surface area contributed by atoms with Gasteiger partial charge in [-0.2, -0.15) is 11.8 Å². The van der Waals surface area contributed by atoms with Crippen LogP contribution >= 0.6 is 35.7 Å². The van der Waals surface area contributed by atoms with Gasteiger partial charge in [0, 0.05) is 44.2 Å². The molecule has 0 aromatic heterocycles. The highest BCUT2D eigenvalue weighted by molar-refractivity contribution is 14.0. The molecule has 2 N–H and O–H groups in total. The Kier molecular flexibility index (Phi) is 12.5. The van der Waals surface area contributed by atoms with Gasteiger partial charge in [0.15, 0.2) is 5.96 Å². The molecule has 2 heterocycles. The Morgan fingerprint density at radius 1 is 1.08 bits per heavy atom. The first kappa shape index (κ1) is 24.3. The Bertz CT molecular complexity index is 507. The third-order valence-corrected chi connectivity index (χ3v) is 7.31. The molecule has 10 heteroatoms. The number of hydrogen-bond donors (Lipinski definition) is 2. The van der Waals surface area contributed by atoms with Crippen LogP contribution in [0, 0.1) is 0 Å². The molecular formula is C16H34IN5O2S2. The first-order chi connectivity index (χ1) is 12.1. The van der Waals surface area contributed by atoms with Gasteiger partial charge in [0.05, 0.1) is 12.3 Å². The van der Waals surface area contributed by atoms with Crippen LogP contribution in [-0.2, 0) is 10.0 Å². The van der Waals surface area contributed by atoms with Crippen molar-refractivity contribution in [3.05, 3.63) is 0 Å².